The molecule has 0 N–H and O–H groups in total. The highest BCUT2D eigenvalue weighted by Crippen LogP contribution is 2.25. The van der Waals surface area contributed by atoms with E-state index in [9.17, 15) is 4.79 Å². The van der Waals surface area contributed by atoms with Gasteiger partial charge >= 0.3 is 0 Å². The zero-order valence-corrected chi connectivity index (χ0v) is 16.4. The summed E-state index contributed by atoms with van der Waals surface area (Å²) in [5.41, 5.74) is 1.35. The Kier molecular flexibility index (Phi) is 7.03. The lowest BCUT2D eigenvalue weighted by molar-refractivity contribution is -0.137. The summed E-state index contributed by atoms with van der Waals surface area (Å²) >= 11 is 0. The number of likely N-dealkylation sites (tertiary alicyclic amines) is 2. The van der Waals surface area contributed by atoms with Crippen LogP contribution in [-0.4, -0.2) is 70.9 Å². The van der Waals surface area contributed by atoms with Crippen LogP contribution in [0.1, 0.15) is 45.1 Å². The first-order valence-corrected chi connectivity index (χ1v) is 10.3. The molecule has 2 fully saturated rings. The average Bonchev–Trinajstić information content (AvgIpc) is 2.70. The van der Waals surface area contributed by atoms with E-state index >= 15 is 0 Å². The SMILES string of the molecule is CCN(CC)C(=O)[C@@H]1CCCN(C2CCN(Cc3ccncc3)CC2)C1. The summed E-state index contributed by atoms with van der Waals surface area (Å²) in [4.78, 5) is 24.0. The second-order valence-corrected chi connectivity index (χ2v) is 7.71. The van der Waals surface area contributed by atoms with Crippen molar-refractivity contribution in [3.05, 3.63) is 30.1 Å². The Morgan fingerprint density at radius 2 is 1.81 bits per heavy atom. The van der Waals surface area contributed by atoms with Crippen molar-refractivity contribution in [2.75, 3.05) is 39.3 Å². The zero-order chi connectivity index (χ0) is 18.4. The van der Waals surface area contributed by atoms with Crippen molar-refractivity contribution in [2.45, 2.75) is 52.1 Å². The molecule has 0 aliphatic carbocycles. The van der Waals surface area contributed by atoms with Crippen molar-refractivity contribution >= 4 is 5.91 Å². The maximum atomic E-state index is 12.7. The average molecular weight is 359 g/mol. The van der Waals surface area contributed by atoms with Crippen LogP contribution in [0.15, 0.2) is 24.5 Å². The van der Waals surface area contributed by atoms with Crippen LogP contribution >= 0.6 is 0 Å². The minimum Gasteiger partial charge on any atom is -0.343 e. The van der Waals surface area contributed by atoms with E-state index in [1.807, 2.05) is 17.3 Å². The van der Waals surface area contributed by atoms with Crippen molar-refractivity contribution in [1.82, 2.24) is 19.7 Å². The fraction of sp³-hybridized carbons (Fsp3) is 0.714. The van der Waals surface area contributed by atoms with Gasteiger partial charge in [0.25, 0.3) is 0 Å². The normalized spacial score (nSPS) is 23.1. The highest BCUT2D eigenvalue weighted by molar-refractivity contribution is 5.79. The molecule has 0 saturated carbocycles. The van der Waals surface area contributed by atoms with Crippen molar-refractivity contribution in [1.29, 1.82) is 0 Å². The van der Waals surface area contributed by atoms with E-state index in [4.69, 9.17) is 0 Å². The van der Waals surface area contributed by atoms with Gasteiger partial charge in [-0.1, -0.05) is 0 Å². The van der Waals surface area contributed by atoms with E-state index in [2.05, 4.69) is 40.8 Å². The standard InChI is InChI=1S/C21H34N4O/c1-3-24(4-2)21(26)19-6-5-13-25(17-19)20-9-14-23(15-10-20)16-18-7-11-22-12-8-18/h7-8,11-12,19-20H,3-6,9-10,13-17H2,1-2H3/t19-/m1/s1. The quantitative estimate of drug-likeness (QED) is 0.784. The topological polar surface area (TPSA) is 39.7 Å². The molecule has 0 radical (unpaired) electrons. The molecule has 144 valence electrons. The summed E-state index contributed by atoms with van der Waals surface area (Å²) in [6.45, 7) is 11.3. The van der Waals surface area contributed by atoms with E-state index < -0.39 is 0 Å². The molecule has 2 aliphatic heterocycles. The Labute approximate surface area is 158 Å². The molecule has 1 aromatic rings. The van der Waals surface area contributed by atoms with Crippen LogP contribution < -0.4 is 0 Å². The van der Waals surface area contributed by atoms with Gasteiger partial charge in [0, 0.05) is 44.6 Å². The van der Waals surface area contributed by atoms with Gasteiger partial charge in [-0.15, -0.1) is 0 Å². The smallest absolute Gasteiger partial charge is 0.226 e. The summed E-state index contributed by atoms with van der Waals surface area (Å²) in [5, 5.41) is 0. The van der Waals surface area contributed by atoms with Gasteiger partial charge in [-0.2, -0.15) is 0 Å². The van der Waals surface area contributed by atoms with Crippen LogP contribution in [0.25, 0.3) is 0 Å². The predicted molar refractivity (Wildman–Crippen MR) is 105 cm³/mol. The molecule has 2 aliphatic rings. The first-order valence-electron chi connectivity index (χ1n) is 10.3. The Bertz CT molecular complexity index is 552. The van der Waals surface area contributed by atoms with Gasteiger partial charge in [0.15, 0.2) is 0 Å². The third kappa shape index (κ3) is 4.83. The maximum Gasteiger partial charge on any atom is 0.226 e. The molecule has 5 nitrogen and oxygen atoms in total. The Balaban J connectivity index is 1.48. The molecule has 5 heteroatoms. The van der Waals surface area contributed by atoms with Crippen LogP contribution in [-0.2, 0) is 11.3 Å². The Morgan fingerprint density at radius 1 is 1.12 bits per heavy atom. The van der Waals surface area contributed by atoms with Crippen molar-refractivity contribution in [3.8, 4) is 0 Å². The first kappa shape index (κ1) is 19.3. The maximum absolute atomic E-state index is 12.7. The Morgan fingerprint density at radius 3 is 2.46 bits per heavy atom. The second-order valence-electron chi connectivity index (χ2n) is 7.71. The van der Waals surface area contributed by atoms with Crippen molar-refractivity contribution in [3.63, 3.8) is 0 Å². The lowest BCUT2D eigenvalue weighted by Crippen LogP contribution is -2.51. The number of piperidine rings is 2. The van der Waals surface area contributed by atoms with Gasteiger partial charge in [0.2, 0.25) is 5.91 Å². The van der Waals surface area contributed by atoms with E-state index in [0.717, 1.165) is 58.7 Å². The molecule has 1 amide bonds. The zero-order valence-electron chi connectivity index (χ0n) is 16.4. The molecular formula is C21H34N4O. The monoisotopic (exact) mass is 358 g/mol. The van der Waals surface area contributed by atoms with E-state index in [1.54, 1.807) is 0 Å². The summed E-state index contributed by atoms with van der Waals surface area (Å²) in [7, 11) is 0. The fourth-order valence-corrected chi connectivity index (χ4v) is 4.52. The molecule has 1 atom stereocenters. The molecule has 2 saturated heterocycles. The first-order chi connectivity index (χ1) is 12.7. The van der Waals surface area contributed by atoms with E-state index in [-0.39, 0.29) is 5.92 Å². The molecule has 26 heavy (non-hydrogen) atoms. The Hall–Kier alpha value is -1.46. The number of nitrogens with zero attached hydrogens (tertiary/aromatic N) is 4. The highest BCUT2D eigenvalue weighted by Gasteiger charge is 2.32. The number of pyridine rings is 1. The molecule has 0 spiro atoms. The lowest BCUT2D eigenvalue weighted by atomic mass is 9.92. The number of carbonyl (C=O) groups is 1. The minimum absolute atomic E-state index is 0.207. The largest absolute Gasteiger partial charge is 0.343 e. The number of aromatic nitrogens is 1. The van der Waals surface area contributed by atoms with Crippen LogP contribution in [0.5, 0.6) is 0 Å². The van der Waals surface area contributed by atoms with Gasteiger partial charge in [0.1, 0.15) is 0 Å². The number of hydrogen-bond acceptors (Lipinski definition) is 4. The van der Waals surface area contributed by atoms with Crippen LogP contribution in [0, 0.1) is 5.92 Å². The molecule has 0 unspecified atom stereocenters. The highest BCUT2D eigenvalue weighted by atomic mass is 16.2. The van der Waals surface area contributed by atoms with Gasteiger partial charge < -0.3 is 4.90 Å². The molecule has 3 rings (SSSR count). The predicted octanol–water partition coefficient (Wildman–Crippen LogP) is 2.63. The van der Waals surface area contributed by atoms with Crippen molar-refractivity contribution < 1.29 is 4.79 Å². The molecule has 0 aromatic carbocycles. The van der Waals surface area contributed by atoms with Crippen LogP contribution in [0.2, 0.25) is 0 Å². The molecule has 1 aromatic heterocycles. The van der Waals surface area contributed by atoms with Gasteiger partial charge in [-0.25, -0.2) is 0 Å². The lowest BCUT2D eigenvalue weighted by Gasteiger charge is -2.42. The number of amides is 1. The summed E-state index contributed by atoms with van der Waals surface area (Å²) in [6.07, 6.45) is 8.42. The number of hydrogen-bond donors (Lipinski definition) is 0. The minimum atomic E-state index is 0.207. The third-order valence-corrected chi connectivity index (χ3v) is 6.11. The fourth-order valence-electron chi connectivity index (χ4n) is 4.52. The molecule has 0 bridgehead atoms. The van der Waals surface area contributed by atoms with Gasteiger partial charge in [-0.05, 0) is 76.9 Å². The van der Waals surface area contributed by atoms with Crippen molar-refractivity contribution in [2.24, 2.45) is 5.92 Å². The summed E-state index contributed by atoms with van der Waals surface area (Å²) in [6, 6.07) is 4.87. The third-order valence-electron chi connectivity index (χ3n) is 6.11. The molecule has 3 heterocycles. The number of rotatable bonds is 6. The van der Waals surface area contributed by atoms with Crippen LogP contribution in [0.4, 0.5) is 0 Å². The second kappa shape index (κ2) is 9.47. The number of carbonyl (C=O) groups excluding carboxylic acids is 1. The van der Waals surface area contributed by atoms with E-state index in [1.165, 1.54) is 18.4 Å². The van der Waals surface area contributed by atoms with Gasteiger partial charge in [-0.3, -0.25) is 19.6 Å². The summed E-state index contributed by atoms with van der Waals surface area (Å²) < 4.78 is 0. The van der Waals surface area contributed by atoms with E-state index in [0.29, 0.717) is 11.9 Å². The summed E-state index contributed by atoms with van der Waals surface area (Å²) in [5.74, 6) is 0.577. The van der Waals surface area contributed by atoms with Gasteiger partial charge in [0.05, 0.1) is 5.92 Å². The van der Waals surface area contributed by atoms with Crippen LogP contribution in [0.3, 0.4) is 0 Å². The molecular weight excluding hydrogens is 324 g/mol.